The van der Waals surface area contributed by atoms with Gasteiger partial charge in [0.2, 0.25) is 0 Å². The summed E-state index contributed by atoms with van der Waals surface area (Å²) in [5, 5.41) is 5.31. The molecule has 1 N–H and O–H groups in total. The number of benzene rings is 1. The van der Waals surface area contributed by atoms with E-state index in [0.717, 1.165) is 49.0 Å². The fourth-order valence-corrected chi connectivity index (χ4v) is 4.28. The maximum absolute atomic E-state index is 12.1. The van der Waals surface area contributed by atoms with Gasteiger partial charge in [-0.3, -0.25) is 4.79 Å². The van der Waals surface area contributed by atoms with Crippen LogP contribution in [0.3, 0.4) is 0 Å². The Kier molecular flexibility index (Phi) is 5.74. The fourth-order valence-electron chi connectivity index (χ4n) is 3.05. The smallest absolute Gasteiger partial charge is 0.277 e. The van der Waals surface area contributed by atoms with E-state index in [2.05, 4.69) is 20.5 Å². The maximum atomic E-state index is 12.1. The standard InChI is InChI=1S/C21H24N4O2S/c1-11-7-8-12(2)17(9-11)27-10-18(26)25-24-15(5)20-13(3)19-14(4)22-16(6)23-21(19)28-20/h7-9H,10H2,1-6H3,(H,25,26). The maximum Gasteiger partial charge on any atom is 0.277 e. The van der Waals surface area contributed by atoms with E-state index in [-0.39, 0.29) is 12.5 Å². The van der Waals surface area contributed by atoms with E-state index < -0.39 is 0 Å². The Morgan fingerprint density at radius 1 is 1.18 bits per heavy atom. The lowest BCUT2D eigenvalue weighted by molar-refractivity contribution is -0.123. The summed E-state index contributed by atoms with van der Waals surface area (Å²) in [6.45, 7) is 11.6. The Balaban J connectivity index is 1.71. The van der Waals surface area contributed by atoms with Crippen molar-refractivity contribution in [3.63, 3.8) is 0 Å². The predicted molar refractivity (Wildman–Crippen MR) is 113 cm³/mol. The van der Waals surface area contributed by atoms with E-state index in [9.17, 15) is 4.79 Å². The lowest BCUT2D eigenvalue weighted by Gasteiger charge is -2.09. The van der Waals surface area contributed by atoms with Gasteiger partial charge in [-0.15, -0.1) is 11.3 Å². The van der Waals surface area contributed by atoms with Crippen LogP contribution in [0.5, 0.6) is 5.75 Å². The van der Waals surface area contributed by atoms with Crippen LogP contribution in [0.25, 0.3) is 10.2 Å². The first kappa shape index (κ1) is 19.9. The third kappa shape index (κ3) is 4.20. The number of rotatable bonds is 5. The molecule has 0 saturated heterocycles. The zero-order chi connectivity index (χ0) is 20.4. The Labute approximate surface area is 168 Å². The second-order valence-corrected chi connectivity index (χ2v) is 7.88. The highest BCUT2D eigenvalue weighted by Crippen LogP contribution is 2.31. The number of hydrazone groups is 1. The summed E-state index contributed by atoms with van der Waals surface area (Å²) in [5.74, 6) is 1.16. The molecule has 0 aliphatic rings. The summed E-state index contributed by atoms with van der Waals surface area (Å²) in [6.07, 6.45) is 0. The van der Waals surface area contributed by atoms with E-state index in [0.29, 0.717) is 5.75 Å². The van der Waals surface area contributed by atoms with Crippen LogP contribution < -0.4 is 10.2 Å². The van der Waals surface area contributed by atoms with Crippen molar-refractivity contribution < 1.29 is 9.53 Å². The van der Waals surface area contributed by atoms with Gasteiger partial charge < -0.3 is 4.74 Å². The van der Waals surface area contributed by atoms with E-state index >= 15 is 0 Å². The molecule has 2 aromatic heterocycles. The molecule has 0 spiro atoms. The molecule has 0 radical (unpaired) electrons. The Morgan fingerprint density at radius 2 is 1.93 bits per heavy atom. The number of hydrogen-bond donors (Lipinski definition) is 1. The van der Waals surface area contributed by atoms with Crippen LogP contribution in [0.4, 0.5) is 0 Å². The number of carbonyl (C=O) groups excluding carboxylic acids is 1. The molecular weight excluding hydrogens is 372 g/mol. The first-order chi connectivity index (χ1) is 13.3. The SMILES string of the molecule is CC(=NNC(=O)COc1cc(C)ccc1C)c1sc2nc(C)nc(C)c2c1C. The van der Waals surface area contributed by atoms with E-state index in [1.807, 2.05) is 59.7 Å². The highest BCUT2D eigenvalue weighted by Gasteiger charge is 2.15. The van der Waals surface area contributed by atoms with Crippen LogP contribution in [-0.4, -0.2) is 28.2 Å². The van der Waals surface area contributed by atoms with Crippen LogP contribution in [0.1, 0.15) is 40.0 Å². The monoisotopic (exact) mass is 396 g/mol. The molecular formula is C21H24N4O2S. The Bertz CT molecular complexity index is 1090. The second kappa shape index (κ2) is 8.06. The molecule has 2 heterocycles. The molecule has 146 valence electrons. The first-order valence-corrected chi connectivity index (χ1v) is 9.85. The molecule has 0 bridgehead atoms. The molecule has 1 aromatic carbocycles. The van der Waals surface area contributed by atoms with Gasteiger partial charge in [0.25, 0.3) is 5.91 Å². The summed E-state index contributed by atoms with van der Waals surface area (Å²) < 4.78 is 5.62. The number of aromatic nitrogens is 2. The number of nitrogens with one attached hydrogen (secondary N) is 1. The van der Waals surface area contributed by atoms with E-state index in [1.54, 1.807) is 11.3 Å². The van der Waals surface area contributed by atoms with Crippen molar-refractivity contribution in [2.45, 2.75) is 41.5 Å². The summed E-state index contributed by atoms with van der Waals surface area (Å²) in [6, 6.07) is 5.90. The minimum Gasteiger partial charge on any atom is -0.483 e. The largest absolute Gasteiger partial charge is 0.483 e. The first-order valence-electron chi connectivity index (χ1n) is 9.04. The van der Waals surface area contributed by atoms with Gasteiger partial charge in [0.15, 0.2) is 6.61 Å². The van der Waals surface area contributed by atoms with Crippen molar-refractivity contribution in [2.24, 2.45) is 5.10 Å². The van der Waals surface area contributed by atoms with Gasteiger partial charge in [-0.05, 0) is 64.3 Å². The minimum atomic E-state index is -0.300. The second-order valence-electron chi connectivity index (χ2n) is 6.88. The lowest BCUT2D eigenvalue weighted by atomic mass is 10.1. The van der Waals surface area contributed by atoms with Gasteiger partial charge >= 0.3 is 0 Å². The average molecular weight is 397 g/mol. The Hall–Kier alpha value is -2.80. The molecule has 7 heteroatoms. The molecule has 0 unspecified atom stereocenters. The molecule has 0 atom stereocenters. The lowest BCUT2D eigenvalue weighted by Crippen LogP contribution is -2.25. The summed E-state index contributed by atoms with van der Waals surface area (Å²) >= 11 is 1.56. The van der Waals surface area contributed by atoms with Crippen molar-refractivity contribution in [3.05, 3.63) is 51.3 Å². The quantitative estimate of drug-likeness (QED) is 0.519. The van der Waals surface area contributed by atoms with Gasteiger partial charge in [0.1, 0.15) is 16.4 Å². The zero-order valence-electron chi connectivity index (χ0n) is 17.0. The zero-order valence-corrected chi connectivity index (χ0v) is 17.8. The number of fused-ring (bicyclic) bond motifs is 1. The van der Waals surface area contributed by atoms with Gasteiger partial charge in [-0.2, -0.15) is 5.10 Å². The molecule has 0 aliphatic carbocycles. The summed E-state index contributed by atoms with van der Waals surface area (Å²) in [4.78, 5) is 23.0. The van der Waals surface area contributed by atoms with Crippen LogP contribution in [-0.2, 0) is 4.79 Å². The molecule has 0 aliphatic heterocycles. The Morgan fingerprint density at radius 3 is 2.68 bits per heavy atom. The average Bonchev–Trinajstić information content (AvgIpc) is 2.97. The number of nitrogens with zero attached hydrogens (tertiary/aromatic N) is 3. The van der Waals surface area contributed by atoms with E-state index in [4.69, 9.17) is 4.74 Å². The number of ether oxygens (including phenoxy) is 1. The molecule has 3 rings (SSSR count). The molecule has 28 heavy (non-hydrogen) atoms. The molecule has 3 aromatic rings. The van der Waals surface area contributed by atoms with Gasteiger partial charge in [0.05, 0.1) is 10.6 Å². The van der Waals surface area contributed by atoms with Crippen LogP contribution >= 0.6 is 11.3 Å². The molecule has 1 amide bonds. The van der Waals surface area contributed by atoms with Crippen LogP contribution in [0.2, 0.25) is 0 Å². The molecule has 0 saturated carbocycles. The van der Waals surface area contributed by atoms with Crippen molar-refractivity contribution in [2.75, 3.05) is 6.61 Å². The summed E-state index contributed by atoms with van der Waals surface area (Å²) in [7, 11) is 0. The van der Waals surface area contributed by atoms with Gasteiger partial charge in [0, 0.05) is 11.1 Å². The minimum absolute atomic E-state index is 0.0871. The number of thiophene rings is 1. The third-order valence-electron chi connectivity index (χ3n) is 4.46. The summed E-state index contributed by atoms with van der Waals surface area (Å²) in [5.41, 5.74) is 7.43. The van der Waals surface area contributed by atoms with Crippen molar-refractivity contribution >= 4 is 33.2 Å². The number of amides is 1. The third-order valence-corrected chi connectivity index (χ3v) is 5.76. The highest BCUT2D eigenvalue weighted by atomic mass is 32.1. The number of hydrogen-bond acceptors (Lipinski definition) is 6. The molecule has 6 nitrogen and oxygen atoms in total. The highest BCUT2D eigenvalue weighted by molar-refractivity contribution is 7.20. The van der Waals surface area contributed by atoms with Crippen LogP contribution in [0.15, 0.2) is 23.3 Å². The number of carbonyl (C=O) groups is 1. The number of aryl methyl sites for hydroxylation is 5. The van der Waals surface area contributed by atoms with Crippen LogP contribution in [0, 0.1) is 34.6 Å². The normalized spacial score (nSPS) is 11.7. The van der Waals surface area contributed by atoms with Gasteiger partial charge in [-0.1, -0.05) is 12.1 Å². The van der Waals surface area contributed by atoms with Crippen molar-refractivity contribution in [1.82, 2.24) is 15.4 Å². The van der Waals surface area contributed by atoms with Crippen molar-refractivity contribution in [3.8, 4) is 5.75 Å². The molecule has 0 fully saturated rings. The fraction of sp³-hybridized carbons (Fsp3) is 0.333. The topological polar surface area (TPSA) is 76.5 Å². The van der Waals surface area contributed by atoms with Gasteiger partial charge in [-0.25, -0.2) is 15.4 Å². The van der Waals surface area contributed by atoms with Crippen molar-refractivity contribution in [1.29, 1.82) is 0 Å². The predicted octanol–water partition coefficient (Wildman–Crippen LogP) is 4.15. The van der Waals surface area contributed by atoms with E-state index in [1.165, 1.54) is 0 Å².